The summed E-state index contributed by atoms with van der Waals surface area (Å²) in [6, 6.07) is 11.1. The molecule has 0 radical (unpaired) electrons. The van der Waals surface area contributed by atoms with Crippen molar-refractivity contribution in [1.29, 1.82) is 0 Å². The molecule has 0 aliphatic rings. The second-order valence-electron chi connectivity index (χ2n) is 4.07. The van der Waals surface area contributed by atoms with Crippen LogP contribution >= 0.6 is 0 Å². The summed E-state index contributed by atoms with van der Waals surface area (Å²) in [6.45, 7) is 4.04. The molecule has 0 aliphatic heterocycles. The second kappa shape index (κ2) is 4.82. The molecule has 1 heterocycles. The largest absolute Gasteiger partial charge is 0.307 e. The van der Waals surface area contributed by atoms with Gasteiger partial charge in [0.25, 0.3) is 5.91 Å². The van der Waals surface area contributed by atoms with Crippen molar-refractivity contribution >= 4 is 11.7 Å². The minimum Gasteiger partial charge on any atom is -0.307 e. The SMILES string of the molecule is CC(C)n1nccc1NC(=O)c1ccccc1. The van der Waals surface area contributed by atoms with Crippen LogP contribution in [-0.4, -0.2) is 15.7 Å². The zero-order valence-electron chi connectivity index (χ0n) is 9.92. The van der Waals surface area contributed by atoms with Crippen LogP contribution in [0.1, 0.15) is 30.2 Å². The smallest absolute Gasteiger partial charge is 0.256 e. The molecule has 0 spiro atoms. The molecule has 0 saturated heterocycles. The van der Waals surface area contributed by atoms with E-state index < -0.39 is 0 Å². The maximum Gasteiger partial charge on any atom is 0.256 e. The number of amides is 1. The standard InChI is InChI=1S/C13H15N3O/c1-10(2)16-12(8-9-14-16)15-13(17)11-6-4-3-5-7-11/h3-10H,1-2H3,(H,15,17). The summed E-state index contributed by atoms with van der Waals surface area (Å²) in [5, 5.41) is 7.01. The lowest BCUT2D eigenvalue weighted by Gasteiger charge is -2.11. The van der Waals surface area contributed by atoms with E-state index in [1.54, 1.807) is 29.1 Å². The van der Waals surface area contributed by atoms with Crippen LogP contribution in [0.15, 0.2) is 42.6 Å². The molecule has 0 aliphatic carbocycles. The van der Waals surface area contributed by atoms with E-state index in [4.69, 9.17) is 0 Å². The lowest BCUT2D eigenvalue weighted by Crippen LogP contribution is -2.16. The lowest BCUT2D eigenvalue weighted by atomic mass is 10.2. The average molecular weight is 229 g/mol. The van der Waals surface area contributed by atoms with E-state index in [-0.39, 0.29) is 11.9 Å². The number of hydrogen-bond donors (Lipinski definition) is 1. The van der Waals surface area contributed by atoms with Crippen molar-refractivity contribution < 1.29 is 4.79 Å². The Morgan fingerprint density at radius 2 is 1.94 bits per heavy atom. The topological polar surface area (TPSA) is 46.9 Å². The summed E-state index contributed by atoms with van der Waals surface area (Å²) in [7, 11) is 0. The first-order chi connectivity index (χ1) is 8.18. The van der Waals surface area contributed by atoms with Gasteiger partial charge in [-0.3, -0.25) is 4.79 Å². The third-order valence-electron chi connectivity index (χ3n) is 2.44. The van der Waals surface area contributed by atoms with Crippen molar-refractivity contribution in [3.05, 3.63) is 48.2 Å². The maximum absolute atomic E-state index is 11.9. The van der Waals surface area contributed by atoms with Crippen molar-refractivity contribution in [2.75, 3.05) is 5.32 Å². The minimum atomic E-state index is -0.118. The van der Waals surface area contributed by atoms with E-state index in [1.807, 2.05) is 32.0 Å². The van der Waals surface area contributed by atoms with Crippen LogP contribution in [-0.2, 0) is 0 Å². The summed E-state index contributed by atoms with van der Waals surface area (Å²) in [6.07, 6.45) is 1.68. The molecule has 1 aromatic heterocycles. The van der Waals surface area contributed by atoms with Gasteiger partial charge in [0.05, 0.1) is 6.20 Å². The van der Waals surface area contributed by atoms with E-state index in [0.717, 1.165) is 0 Å². The number of nitrogens with zero attached hydrogens (tertiary/aromatic N) is 2. The fraction of sp³-hybridized carbons (Fsp3) is 0.231. The Morgan fingerprint density at radius 1 is 1.24 bits per heavy atom. The predicted octanol–water partition coefficient (Wildman–Crippen LogP) is 2.72. The van der Waals surface area contributed by atoms with Gasteiger partial charge in [-0.25, -0.2) is 4.68 Å². The monoisotopic (exact) mass is 229 g/mol. The molecular formula is C13H15N3O. The number of nitrogens with one attached hydrogen (secondary N) is 1. The third-order valence-corrected chi connectivity index (χ3v) is 2.44. The average Bonchev–Trinajstić information content (AvgIpc) is 2.78. The van der Waals surface area contributed by atoms with Crippen LogP contribution in [0.2, 0.25) is 0 Å². The van der Waals surface area contributed by atoms with Gasteiger partial charge in [0.1, 0.15) is 5.82 Å². The van der Waals surface area contributed by atoms with E-state index >= 15 is 0 Å². The number of benzene rings is 1. The van der Waals surface area contributed by atoms with E-state index in [9.17, 15) is 4.79 Å². The van der Waals surface area contributed by atoms with Gasteiger partial charge in [-0.2, -0.15) is 5.10 Å². The molecule has 0 unspecified atom stereocenters. The maximum atomic E-state index is 11.9. The van der Waals surface area contributed by atoms with E-state index in [0.29, 0.717) is 11.4 Å². The Bertz CT molecular complexity index is 502. The van der Waals surface area contributed by atoms with Gasteiger partial charge in [0, 0.05) is 17.7 Å². The molecule has 2 rings (SSSR count). The van der Waals surface area contributed by atoms with Crippen LogP contribution < -0.4 is 5.32 Å². The van der Waals surface area contributed by atoms with Gasteiger partial charge in [0.2, 0.25) is 0 Å². The molecule has 1 amide bonds. The first kappa shape index (κ1) is 11.4. The van der Waals surface area contributed by atoms with Crippen LogP contribution in [0, 0.1) is 0 Å². The van der Waals surface area contributed by atoms with Gasteiger partial charge in [-0.1, -0.05) is 18.2 Å². The number of aromatic nitrogens is 2. The minimum absolute atomic E-state index is 0.118. The lowest BCUT2D eigenvalue weighted by molar-refractivity contribution is 0.102. The molecule has 0 fully saturated rings. The molecule has 2 aromatic rings. The van der Waals surface area contributed by atoms with E-state index in [1.165, 1.54) is 0 Å². The van der Waals surface area contributed by atoms with Crippen molar-refractivity contribution in [1.82, 2.24) is 9.78 Å². The normalized spacial score (nSPS) is 10.5. The Kier molecular flexibility index (Phi) is 3.23. The van der Waals surface area contributed by atoms with Crippen molar-refractivity contribution in [3.63, 3.8) is 0 Å². The Balaban J connectivity index is 2.16. The fourth-order valence-corrected chi connectivity index (χ4v) is 1.60. The Morgan fingerprint density at radius 3 is 2.59 bits per heavy atom. The molecule has 4 nitrogen and oxygen atoms in total. The summed E-state index contributed by atoms with van der Waals surface area (Å²) in [5.74, 6) is 0.599. The number of hydrogen-bond acceptors (Lipinski definition) is 2. The molecule has 0 bridgehead atoms. The van der Waals surface area contributed by atoms with Crippen LogP contribution in [0.4, 0.5) is 5.82 Å². The fourth-order valence-electron chi connectivity index (χ4n) is 1.60. The number of carbonyl (C=O) groups is 1. The van der Waals surface area contributed by atoms with Gasteiger partial charge in [0.15, 0.2) is 0 Å². The van der Waals surface area contributed by atoms with Crippen molar-refractivity contribution in [2.45, 2.75) is 19.9 Å². The van der Waals surface area contributed by atoms with Crippen LogP contribution in [0.25, 0.3) is 0 Å². The summed E-state index contributed by atoms with van der Waals surface area (Å²) in [4.78, 5) is 11.9. The molecule has 88 valence electrons. The van der Waals surface area contributed by atoms with Gasteiger partial charge < -0.3 is 5.32 Å². The molecule has 17 heavy (non-hydrogen) atoms. The molecule has 0 atom stereocenters. The number of carbonyl (C=O) groups excluding carboxylic acids is 1. The summed E-state index contributed by atoms with van der Waals surface area (Å²) in [5.41, 5.74) is 0.643. The molecular weight excluding hydrogens is 214 g/mol. The highest BCUT2D eigenvalue weighted by molar-refractivity contribution is 6.03. The van der Waals surface area contributed by atoms with Gasteiger partial charge >= 0.3 is 0 Å². The van der Waals surface area contributed by atoms with E-state index in [2.05, 4.69) is 10.4 Å². The highest BCUT2D eigenvalue weighted by Crippen LogP contribution is 2.14. The first-order valence-electron chi connectivity index (χ1n) is 5.58. The number of anilines is 1. The van der Waals surface area contributed by atoms with Crippen LogP contribution in [0.5, 0.6) is 0 Å². The number of rotatable bonds is 3. The Labute approximate surface area is 100 Å². The van der Waals surface area contributed by atoms with Gasteiger partial charge in [-0.05, 0) is 26.0 Å². The first-order valence-corrected chi connectivity index (χ1v) is 5.58. The van der Waals surface area contributed by atoms with Crippen LogP contribution in [0.3, 0.4) is 0 Å². The molecule has 1 aromatic carbocycles. The summed E-state index contributed by atoms with van der Waals surface area (Å²) < 4.78 is 1.78. The second-order valence-corrected chi connectivity index (χ2v) is 4.07. The van der Waals surface area contributed by atoms with Gasteiger partial charge in [-0.15, -0.1) is 0 Å². The Hall–Kier alpha value is -2.10. The highest BCUT2D eigenvalue weighted by atomic mass is 16.1. The molecule has 1 N–H and O–H groups in total. The predicted molar refractivity (Wildman–Crippen MR) is 67.0 cm³/mol. The highest BCUT2D eigenvalue weighted by Gasteiger charge is 2.10. The quantitative estimate of drug-likeness (QED) is 0.879. The summed E-state index contributed by atoms with van der Waals surface area (Å²) >= 11 is 0. The van der Waals surface area contributed by atoms with Crippen molar-refractivity contribution in [3.8, 4) is 0 Å². The molecule has 0 saturated carbocycles. The zero-order chi connectivity index (χ0) is 12.3. The van der Waals surface area contributed by atoms with Crippen molar-refractivity contribution in [2.24, 2.45) is 0 Å². The zero-order valence-corrected chi connectivity index (χ0v) is 9.92. The third kappa shape index (κ3) is 2.53. The molecule has 4 heteroatoms.